The lowest BCUT2D eigenvalue weighted by Crippen LogP contribution is -2.46. The Balaban J connectivity index is 2.19. The average Bonchev–Trinajstić information content (AvgIpc) is 2.56. The maximum absolute atomic E-state index is 11.1. The van der Waals surface area contributed by atoms with Crippen LogP contribution < -0.4 is 10.6 Å². The largest absolute Gasteiger partial charge is 0.336 e. The van der Waals surface area contributed by atoms with Crippen molar-refractivity contribution in [3.8, 4) is 0 Å². The van der Waals surface area contributed by atoms with Gasteiger partial charge in [-0.25, -0.2) is 4.79 Å². The summed E-state index contributed by atoms with van der Waals surface area (Å²) in [5.41, 5.74) is 0.0804. The summed E-state index contributed by atoms with van der Waals surface area (Å²) in [6.07, 6.45) is 1.07. The van der Waals surface area contributed by atoms with Gasteiger partial charge >= 0.3 is 6.03 Å². The van der Waals surface area contributed by atoms with Crippen LogP contribution >= 0.6 is 0 Å². The zero-order chi connectivity index (χ0) is 7.90. The lowest BCUT2D eigenvalue weighted by molar-refractivity contribution is 0.188. The van der Waals surface area contributed by atoms with Crippen molar-refractivity contribution >= 4 is 6.03 Å². The van der Waals surface area contributed by atoms with Crippen molar-refractivity contribution in [1.82, 2.24) is 15.5 Å². The van der Waals surface area contributed by atoms with E-state index in [0.717, 1.165) is 26.1 Å². The summed E-state index contributed by atoms with van der Waals surface area (Å²) in [5.74, 6) is 0. The molecule has 0 radical (unpaired) electrons. The Morgan fingerprint density at radius 3 is 2.82 bits per heavy atom. The molecule has 0 aliphatic carbocycles. The second kappa shape index (κ2) is 2.11. The average molecular weight is 155 g/mol. The Hall–Kier alpha value is -0.770. The van der Waals surface area contributed by atoms with E-state index in [4.69, 9.17) is 0 Å². The Morgan fingerprint density at radius 2 is 2.36 bits per heavy atom. The Bertz CT molecular complexity index is 186. The Morgan fingerprint density at radius 1 is 1.55 bits per heavy atom. The second-order valence-electron chi connectivity index (χ2n) is 3.37. The van der Waals surface area contributed by atoms with Crippen LogP contribution in [0.15, 0.2) is 0 Å². The summed E-state index contributed by atoms with van der Waals surface area (Å²) in [6.45, 7) is 2.76. The van der Waals surface area contributed by atoms with Gasteiger partial charge in [-0.1, -0.05) is 0 Å². The molecule has 11 heavy (non-hydrogen) atoms. The molecular formula is C7H13N3O. The lowest BCUT2D eigenvalue weighted by atomic mass is 9.99. The highest BCUT2D eigenvalue weighted by molar-refractivity contribution is 5.77. The van der Waals surface area contributed by atoms with E-state index in [2.05, 4.69) is 10.6 Å². The van der Waals surface area contributed by atoms with Gasteiger partial charge in [-0.15, -0.1) is 0 Å². The molecule has 4 heteroatoms. The van der Waals surface area contributed by atoms with Crippen LogP contribution in [0.2, 0.25) is 0 Å². The van der Waals surface area contributed by atoms with E-state index in [0.29, 0.717) is 0 Å². The molecule has 62 valence electrons. The first kappa shape index (κ1) is 6.91. The first-order chi connectivity index (χ1) is 5.25. The molecule has 2 amide bonds. The molecule has 2 N–H and O–H groups in total. The molecular weight excluding hydrogens is 142 g/mol. The van der Waals surface area contributed by atoms with Crippen LogP contribution in [0.25, 0.3) is 0 Å². The van der Waals surface area contributed by atoms with Crippen molar-refractivity contribution in [3.05, 3.63) is 0 Å². The van der Waals surface area contributed by atoms with Crippen molar-refractivity contribution in [2.75, 3.05) is 26.7 Å². The van der Waals surface area contributed by atoms with Crippen molar-refractivity contribution in [3.63, 3.8) is 0 Å². The van der Waals surface area contributed by atoms with E-state index in [9.17, 15) is 4.79 Å². The van der Waals surface area contributed by atoms with E-state index in [1.807, 2.05) is 11.9 Å². The SMILES string of the molecule is CN1C(=O)NCC12CCNC2. The standard InChI is InChI=1S/C7H13N3O/c1-10-6(11)9-5-7(10)2-3-8-4-7/h8H,2-5H2,1H3,(H,9,11). The number of carbonyl (C=O) groups is 1. The van der Waals surface area contributed by atoms with Gasteiger partial charge in [0.1, 0.15) is 0 Å². The van der Waals surface area contributed by atoms with Gasteiger partial charge in [-0.05, 0) is 13.0 Å². The fourth-order valence-corrected chi connectivity index (χ4v) is 1.86. The molecule has 1 spiro atoms. The van der Waals surface area contributed by atoms with Crippen molar-refractivity contribution in [2.24, 2.45) is 0 Å². The monoisotopic (exact) mass is 155 g/mol. The second-order valence-corrected chi connectivity index (χ2v) is 3.37. The number of hydrogen-bond acceptors (Lipinski definition) is 2. The van der Waals surface area contributed by atoms with Crippen molar-refractivity contribution in [1.29, 1.82) is 0 Å². The Labute approximate surface area is 65.9 Å². The molecule has 2 rings (SSSR count). The molecule has 2 saturated heterocycles. The van der Waals surface area contributed by atoms with Crippen molar-refractivity contribution in [2.45, 2.75) is 12.0 Å². The molecule has 0 aromatic heterocycles. The van der Waals surface area contributed by atoms with E-state index >= 15 is 0 Å². The molecule has 2 aliphatic rings. The number of likely N-dealkylation sites (N-methyl/N-ethyl adjacent to an activating group) is 1. The lowest BCUT2D eigenvalue weighted by Gasteiger charge is -2.28. The van der Waals surface area contributed by atoms with Gasteiger partial charge in [0.25, 0.3) is 0 Å². The minimum absolute atomic E-state index is 0.0636. The maximum Gasteiger partial charge on any atom is 0.317 e. The fourth-order valence-electron chi connectivity index (χ4n) is 1.86. The van der Waals surface area contributed by atoms with Crippen LogP contribution in [0.1, 0.15) is 6.42 Å². The van der Waals surface area contributed by atoms with Gasteiger partial charge < -0.3 is 15.5 Å². The predicted octanol–water partition coefficient (Wildman–Crippen LogP) is -0.627. The molecule has 2 heterocycles. The number of nitrogens with zero attached hydrogens (tertiary/aromatic N) is 1. The number of urea groups is 1. The van der Waals surface area contributed by atoms with Crippen LogP contribution in [-0.2, 0) is 0 Å². The van der Waals surface area contributed by atoms with Crippen LogP contribution in [0.3, 0.4) is 0 Å². The minimum Gasteiger partial charge on any atom is -0.336 e. The van der Waals surface area contributed by atoms with E-state index < -0.39 is 0 Å². The van der Waals surface area contributed by atoms with Crippen LogP contribution in [0, 0.1) is 0 Å². The quantitative estimate of drug-likeness (QED) is 0.489. The zero-order valence-corrected chi connectivity index (χ0v) is 6.68. The molecule has 0 bridgehead atoms. The van der Waals surface area contributed by atoms with Crippen LogP contribution in [0.4, 0.5) is 4.79 Å². The van der Waals surface area contributed by atoms with Gasteiger partial charge in [0, 0.05) is 20.1 Å². The Kier molecular flexibility index (Phi) is 1.32. The predicted molar refractivity (Wildman–Crippen MR) is 41.4 cm³/mol. The summed E-state index contributed by atoms with van der Waals surface area (Å²) in [6, 6.07) is 0.0636. The van der Waals surface area contributed by atoms with Gasteiger partial charge in [0.2, 0.25) is 0 Å². The number of carbonyl (C=O) groups excluding carboxylic acids is 1. The molecule has 2 fully saturated rings. The first-order valence-electron chi connectivity index (χ1n) is 3.97. The van der Waals surface area contributed by atoms with Gasteiger partial charge in [-0.2, -0.15) is 0 Å². The van der Waals surface area contributed by atoms with E-state index in [1.165, 1.54) is 0 Å². The first-order valence-corrected chi connectivity index (χ1v) is 3.97. The summed E-state index contributed by atoms with van der Waals surface area (Å²) in [4.78, 5) is 12.9. The number of rotatable bonds is 0. The molecule has 0 aromatic rings. The highest BCUT2D eigenvalue weighted by atomic mass is 16.2. The minimum atomic E-state index is 0.0636. The smallest absolute Gasteiger partial charge is 0.317 e. The summed E-state index contributed by atoms with van der Waals surface area (Å²) >= 11 is 0. The molecule has 2 aliphatic heterocycles. The van der Waals surface area contributed by atoms with Crippen molar-refractivity contribution < 1.29 is 4.79 Å². The topological polar surface area (TPSA) is 44.4 Å². The molecule has 0 saturated carbocycles. The maximum atomic E-state index is 11.1. The molecule has 1 atom stereocenters. The summed E-state index contributed by atoms with van der Waals surface area (Å²) in [5, 5.41) is 6.12. The van der Waals surface area contributed by atoms with E-state index in [-0.39, 0.29) is 11.6 Å². The molecule has 4 nitrogen and oxygen atoms in total. The number of amides is 2. The number of nitrogens with one attached hydrogen (secondary N) is 2. The molecule has 1 unspecified atom stereocenters. The third-order valence-corrected chi connectivity index (χ3v) is 2.81. The van der Waals surface area contributed by atoms with Gasteiger partial charge in [-0.3, -0.25) is 0 Å². The van der Waals surface area contributed by atoms with Crippen LogP contribution in [0.5, 0.6) is 0 Å². The highest BCUT2D eigenvalue weighted by Gasteiger charge is 2.44. The summed E-state index contributed by atoms with van der Waals surface area (Å²) < 4.78 is 0. The zero-order valence-electron chi connectivity index (χ0n) is 6.68. The summed E-state index contributed by atoms with van der Waals surface area (Å²) in [7, 11) is 1.87. The highest BCUT2D eigenvalue weighted by Crippen LogP contribution is 2.24. The van der Waals surface area contributed by atoms with Crippen LogP contribution in [-0.4, -0.2) is 43.2 Å². The van der Waals surface area contributed by atoms with E-state index in [1.54, 1.807) is 0 Å². The third-order valence-electron chi connectivity index (χ3n) is 2.81. The van der Waals surface area contributed by atoms with Gasteiger partial charge in [0.05, 0.1) is 5.54 Å². The van der Waals surface area contributed by atoms with Gasteiger partial charge in [0.15, 0.2) is 0 Å². The fraction of sp³-hybridized carbons (Fsp3) is 0.857. The third kappa shape index (κ3) is 0.822. The normalized spacial score (nSPS) is 36.8. The molecule has 0 aromatic carbocycles. The number of hydrogen-bond donors (Lipinski definition) is 2.